The standard InChI is InChI=1S/C27H24N2O4S/c1-16(30)28-14-13-18-15-19(9-12-23(18)28)29-25(17-7-10-20(34-2)11-8-17)24(27(32)33)21-5-3-4-6-22(21)26(29)31/h3-12,15,24-25H,13-14H2,1-2H3,(H,32,33)/t24-,25+/m1/s1. The fourth-order valence-corrected chi connectivity index (χ4v) is 5.50. The molecule has 2 amide bonds. The van der Waals surface area contributed by atoms with Crippen LogP contribution in [0.5, 0.6) is 0 Å². The van der Waals surface area contributed by atoms with Gasteiger partial charge in [0.25, 0.3) is 5.91 Å². The maximum Gasteiger partial charge on any atom is 0.313 e. The first-order chi connectivity index (χ1) is 16.4. The Morgan fingerprint density at radius 3 is 2.44 bits per heavy atom. The van der Waals surface area contributed by atoms with Crippen LogP contribution in [0.25, 0.3) is 0 Å². The third-order valence-electron chi connectivity index (χ3n) is 6.68. The Morgan fingerprint density at radius 1 is 1.03 bits per heavy atom. The van der Waals surface area contributed by atoms with Crippen LogP contribution in [0.15, 0.2) is 71.6 Å². The lowest BCUT2D eigenvalue weighted by Gasteiger charge is -2.41. The Morgan fingerprint density at radius 2 is 1.76 bits per heavy atom. The van der Waals surface area contributed by atoms with E-state index in [9.17, 15) is 19.5 Å². The minimum Gasteiger partial charge on any atom is -0.481 e. The molecule has 0 aromatic heterocycles. The number of aliphatic carboxylic acids is 1. The number of hydrogen-bond acceptors (Lipinski definition) is 4. The molecule has 0 fully saturated rings. The van der Waals surface area contributed by atoms with Crippen LogP contribution in [0, 0.1) is 0 Å². The highest BCUT2D eigenvalue weighted by Gasteiger charge is 2.45. The highest BCUT2D eigenvalue weighted by Crippen LogP contribution is 2.46. The Kier molecular flexibility index (Phi) is 5.65. The maximum atomic E-state index is 13.8. The maximum absolute atomic E-state index is 13.8. The van der Waals surface area contributed by atoms with Crippen molar-refractivity contribution in [2.75, 3.05) is 22.6 Å². The van der Waals surface area contributed by atoms with Crippen molar-refractivity contribution in [3.8, 4) is 0 Å². The molecule has 0 bridgehead atoms. The van der Waals surface area contributed by atoms with Crippen LogP contribution in [-0.2, 0) is 16.0 Å². The normalized spacial score (nSPS) is 19.1. The second kappa shape index (κ2) is 8.65. The zero-order valence-electron chi connectivity index (χ0n) is 18.9. The molecule has 2 heterocycles. The summed E-state index contributed by atoms with van der Waals surface area (Å²) in [5.74, 6) is -2.15. The van der Waals surface area contributed by atoms with Gasteiger partial charge in [0, 0.05) is 35.3 Å². The summed E-state index contributed by atoms with van der Waals surface area (Å²) in [5.41, 5.74) is 4.14. The van der Waals surface area contributed by atoms with Gasteiger partial charge in [0.05, 0.1) is 6.04 Å². The Balaban J connectivity index is 1.69. The third kappa shape index (κ3) is 3.56. The highest BCUT2D eigenvalue weighted by molar-refractivity contribution is 7.98. The molecule has 0 radical (unpaired) electrons. The van der Waals surface area contributed by atoms with Crippen LogP contribution >= 0.6 is 11.8 Å². The monoisotopic (exact) mass is 472 g/mol. The zero-order chi connectivity index (χ0) is 24.0. The lowest BCUT2D eigenvalue weighted by molar-refractivity contribution is -0.139. The van der Waals surface area contributed by atoms with Crippen LogP contribution < -0.4 is 9.80 Å². The van der Waals surface area contributed by atoms with Crippen LogP contribution in [0.4, 0.5) is 11.4 Å². The van der Waals surface area contributed by atoms with Gasteiger partial charge in [-0.2, -0.15) is 0 Å². The van der Waals surface area contributed by atoms with E-state index in [1.54, 1.807) is 52.8 Å². The number of nitrogens with zero attached hydrogens (tertiary/aromatic N) is 2. The molecule has 7 heteroatoms. The molecule has 172 valence electrons. The van der Waals surface area contributed by atoms with Gasteiger partial charge < -0.3 is 10.0 Å². The SMILES string of the molecule is CSc1ccc([C@H]2[C@H](C(=O)O)c3ccccc3C(=O)N2c2ccc3c(c2)CCN3C(C)=O)cc1. The van der Waals surface area contributed by atoms with E-state index in [1.807, 2.05) is 48.7 Å². The molecular weight excluding hydrogens is 448 g/mol. The first-order valence-corrected chi connectivity index (χ1v) is 12.3. The molecule has 0 saturated heterocycles. The first-order valence-electron chi connectivity index (χ1n) is 11.1. The summed E-state index contributed by atoms with van der Waals surface area (Å²) in [6, 6.07) is 19.6. The van der Waals surface area contributed by atoms with Gasteiger partial charge in [0.15, 0.2) is 0 Å². The third-order valence-corrected chi connectivity index (χ3v) is 7.42. The second-order valence-electron chi connectivity index (χ2n) is 8.53. The van der Waals surface area contributed by atoms with E-state index in [-0.39, 0.29) is 11.8 Å². The summed E-state index contributed by atoms with van der Waals surface area (Å²) in [7, 11) is 0. The van der Waals surface area contributed by atoms with E-state index in [0.717, 1.165) is 21.7 Å². The van der Waals surface area contributed by atoms with E-state index in [0.29, 0.717) is 29.8 Å². The highest BCUT2D eigenvalue weighted by atomic mass is 32.2. The number of amides is 2. The fourth-order valence-electron chi connectivity index (χ4n) is 5.09. The predicted octanol–water partition coefficient (Wildman–Crippen LogP) is 4.89. The molecular formula is C27H24N2O4S. The van der Waals surface area contributed by atoms with Crippen molar-refractivity contribution >= 4 is 40.9 Å². The topological polar surface area (TPSA) is 77.9 Å². The van der Waals surface area contributed by atoms with Gasteiger partial charge in [-0.15, -0.1) is 11.8 Å². The van der Waals surface area contributed by atoms with Crippen molar-refractivity contribution in [1.82, 2.24) is 0 Å². The predicted molar refractivity (Wildman–Crippen MR) is 133 cm³/mol. The minimum absolute atomic E-state index is 0.0211. The van der Waals surface area contributed by atoms with Crippen LogP contribution in [-0.4, -0.2) is 35.7 Å². The molecule has 2 aliphatic heterocycles. The minimum atomic E-state index is -0.979. The number of thioether (sulfide) groups is 1. The summed E-state index contributed by atoms with van der Waals surface area (Å²) in [6.07, 6.45) is 2.67. The molecule has 0 saturated carbocycles. The van der Waals surface area contributed by atoms with E-state index < -0.39 is 17.9 Å². The average molecular weight is 473 g/mol. The average Bonchev–Trinajstić information content (AvgIpc) is 3.27. The first kappa shape index (κ1) is 22.2. The summed E-state index contributed by atoms with van der Waals surface area (Å²) < 4.78 is 0. The van der Waals surface area contributed by atoms with Crippen molar-refractivity contribution in [1.29, 1.82) is 0 Å². The number of carbonyl (C=O) groups is 3. The molecule has 34 heavy (non-hydrogen) atoms. The van der Waals surface area contributed by atoms with Crippen LogP contribution in [0.3, 0.4) is 0 Å². The van der Waals surface area contributed by atoms with Crippen molar-refractivity contribution in [2.24, 2.45) is 0 Å². The molecule has 5 rings (SSSR count). The largest absolute Gasteiger partial charge is 0.481 e. The fraction of sp³-hybridized carbons (Fsp3) is 0.222. The van der Waals surface area contributed by atoms with Crippen molar-refractivity contribution in [3.63, 3.8) is 0 Å². The number of fused-ring (bicyclic) bond motifs is 2. The molecule has 0 unspecified atom stereocenters. The van der Waals surface area contributed by atoms with Crippen molar-refractivity contribution in [3.05, 3.63) is 89.0 Å². The lowest BCUT2D eigenvalue weighted by atomic mass is 9.79. The molecule has 3 aromatic carbocycles. The van der Waals surface area contributed by atoms with E-state index >= 15 is 0 Å². The van der Waals surface area contributed by atoms with E-state index in [1.165, 1.54) is 0 Å². The number of rotatable bonds is 4. The summed E-state index contributed by atoms with van der Waals surface area (Å²) in [6.45, 7) is 2.14. The molecule has 6 nitrogen and oxygen atoms in total. The van der Waals surface area contributed by atoms with Crippen LogP contribution in [0.2, 0.25) is 0 Å². The quantitative estimate of drug-likeness (QED) is 0.547. The van der Waals surface area contributed by atoms with Gasteiger partial charge >= 0.3 is 5.97 Å². The molecule has 2 aliphatic rings. The summed E-state index contributed by atoms with van der Waals surface area (Å²) >= 11 is 1.60. The molecule has 0 aliphatic carbocycles. The molecule has 1 N–H and O–H groups in total. The zero-order valence-corrected chi connectivity index (χ0v) is 19.7. The number of carboxylic acids is 1. The number of carboxylic acid groups (broad SMARTS) is 1. The smallest absolute Gasteiger partial charge is 0.313 e. The number of hydrogen-bond donors (Lipinski definition) is 1. The molecule has 3 aromatic rings. The summed E-state index contributed by atoms with van der Waals surface area (Å²) in [5, 5.41) is 10.3. The second-order valence-corrected chi connectivity index (χ2v) is 9.41. The summed E-state index contributed by atoms with van der Waals surface area (Å²) in [4.78, 5) is 42.8. The van der Waals surface area contributed by atoms with Gasteiger partial charge in [-0.3, -0.25) is 19.3 Å². The van der Waals surface area contributed by atoms with E-state index in [2.05, 4.69) is 0 Å². The Bertz CT molecular complexity index is 1300. The molecule has 0 spiro atoms. The Hall–Kier alpha value is -3.58. The van der Waals surface area contributed by atoms with Gasteiger partial charge in [-0.05, 0) is 65.8 Å². The van der Waals surface area contributed by atoms with Gasteiger partial charge in [-0.1, -0.05) is 30.3 Å². The Labute approximate surface area is 202 Å². The lowest BCUT2D eigenvalue weighted by Crippen LogP contribution is -2.45. The molecule has 2 atom stereocenters. The number of anilines is 2. The number of carbonyl (C=O) groups excluding carboxylic acids is 2. The van der Waals surface area contributed by atoms with Crippen LogP contribution in [0.1, 0.15) is 45.9 Å². The number of benzene rings is 3. The van der Waals surface area contributed by atoms with E-state index in [4.69, 9.17) is 0 Å². The van der Waals surface area contributed by atoms with Crippen molar-refractivity contribution < 1.29 is 19.5 Å². The van der Waals surface area contributed by atoms with Gasteiger partial charge in [0.2, 0.25) is 5.91 Å². The van der Waals surface area contributed by atoms with Crippen molar-refractivity contribution in [2.45, 2.75) is 30.2 Å². The van der Waals surface area contributed by atoms with Gasteiger partial charge in [0.1, 0.15) is 5.92 Å². The van der Waals surface area contributed by atoms with Gasteiger partial charge in [-0.25, -0.2) is 0 Å².